The van der Waals surface area contributed by atoms with Crippen LogP contribution in [0.1, 0.15) is 23.2 Å². The van der Waals surface area contributed by atoms with Gasteiger partial charge in [-0.2, -0.15) is 0 Å². The van der Waals surface area contributed by atoms with Crippen LogP contribution in [0.25, 0.3) is 0 Å². The van der Waals surface area contributed by atoms with Crippen LogP contribution in [0.15, 0.2) is 36.4 Å². The topological polar surface area (TPSA) is 58.2 Å². The van der Waals surface area contributed by atoms with Crippen molar-refractivity contribution in [1.29, 1.82) is 0 Å². The summed E-state index contributed by atoms with van der Waals surface area (Å²) < 4.78 is 26.3. The molecule has 0 saturated carbocycles. The fourth-order valence-corrected chi connectivity index (χ4v) is 2.38. The first-order valence-electron chi connectivity index (χ1n) is 7.35. The third-order valence-electron chi connectivity index (χ3n) is 3.27. The zero-order chi connectivity index (χ0) is 18.4. The molecule has 0 aromatic heterocycles. The Kier molecular flexibility index (Phi) is 6.73. The van der Waals surface area contributed by atoms with E-state index >= 15 is 0 Å². The molecule has 8 heteroatoms. The molecule has 0 saturated heterocycles. The molecule has 0 bridgehead atoms. The van der Waals surface area contributed by atoms with Crippen LogP contribution in [0.3, 0.4) is 0 Å². The highest BCUT2D eigenvalue weighted by atomic mass is 35.5. The highest BCUT2D eigenvalue weighted by Gasteiger charge is 2.12. The highest BCUT2D eigenvalue weighted by Crippen LogP contribution is 2.29. The van der Waals surface area contributed by atoms with Gasteiger partial charge in [0.25, 0.3) is 5.91 Å². The van der Waals surface area contributed by atoms with E-state index in [1.807, 2.05) is 0 Å². The zero-order valence-corrected chi connectivity index (χ0v) is 14.4. The van der Waals surface area contributed by atoms with Crippen molar-refractivity contribution in [2.75, 3.05) is 11.9 Å². The smallest absolute Gasteiger partial charge is 0.254 e. The summed E-state index contributed by atoms with van der Waals surface area (Å²) in [6.07, 6.45) is 0.452. The van der Waals surface area contributed by atoms with Gasteiger partial charge >= 0.3 is 0 Å². The second kappa shape index (κ2) is 8.78. The van der Waals surface area contributed by atoms with Gasteiger partial charge in [-0.1, -0.05) is 29.3 Å². The zero-order valence-electron chi connectivity index (χ0n) is 12.9. The molecular formula is C17H14Cl2F2N2O2. The number of halogens is 4. The van der Waals surface area contributed by atoms with E-state index in [-0.39, 0.29) is 29.5 Å². The van der Waals surface area contributed by atoms with Crippen molar-refractivity contribution >= 4 is 40.7 Å². The van der Waals surface area contributed by atoms with E-state index in [1.165, 1.54) is 0 Å². The molecule has 0 spiro atoms. The molecule has 2 N–H and O–H groups in total. The van der Waals surface area contributed by atoms with Gasteiger partial charge in [0.1, 0.15) is 11.6 Å². The molecule has 0 atom stereocenters. The maximum atomic E-state index is 13.5. The van der Waals surface area contributed by atoms with Gasteiger partial charge in [0, 0.05) is 19.0 Å². The summed E-state index contributed by atoms with van der Waals surface area (Å²) in [5.41, 5.74) is 0.146. The van der Waals surface area contributed by atoms with Crippen molar-refractivity contribution < 1.29 is 18.4 Å². The van der Waals surface area contributed by atoms with Gasteiger partial charge in [-0.3, -0.25) is 9.59 Å². The lowest BCUT2D eigenvalue weighted by molar-refractivity contribution is -0.116. The molecule has 0 heterocycles. The summed E-state index contributed by atoms with van der Waals surface area (Å²) in [6, 6.07) is 7.57. The fraction of sp³-hybridized carbons (Fsp3) is 0.176. The molecule has 4 nitrogen and oxygen atoms in total. The largest absolute Gasteiger partial charge is 0.352 e. The molecule has 132 valence electrons. The first-order valence-corrected chi connectivity index (χ1v) is 8.11. The van der Waals surface area contributed by atoms with Crippen LogP contribution in [0.4, 0.5) is 14.5 Å². The van der Waals surface area contributed by atoms with E-state index in [0.29, 0.717) is 23.2 Å². The Labute approximate surface area is 153 Å². The number of hydrogen-bond acceptors (Lipinski definition) is 2. The molecule has 0 aliphatic carbocycles. The number of benzene rings is 2. The summed E-state index contributed by atoms with van der Waals surface area (Å²) in [5, 5.41) is 5.66. The maximum absolute atomic E-state index is 13.5. The minimum Gasteiger partial charge on any atom is -0.352 e. The summed E-state index contributed by atoms with van der Waals surface area (Å²) in [7, 11) is 0. The molecule has 0 fully saturated rings. The van der Waals surface area contributed by atoms with Gasteiger partial charge in [0.15, 0.2) is 0 Å². The van der Waals surface area contributed by atoms with Gasteiger partial charge < -0.3 is 10.6 Å². The Morgan fingerprint density at radius 3 is 2.56 bits per heavy atom. The molecule has 0 radical (unpaired) electrons. The number of carbonyl (C=O) groups is 2. The first-order chi connectivity index (χ1) is 11.9. The van der Waals surface area contributed by atoms with E-state index in [2.05, 4.69) is 10.6 Å². The number of hydrogen-bond donors (Lipinski definition) is 2. The van der Waals surface area contributed by atoms with Gasteiger partial charge in [-0.25, -0.2) is 8.78 Å². The van der Waals surface area contributed by atoms with Gasteiger partial charge in [-0.15, -0.1) is 0 Å². The quantitative estimate of drug-likeness (QED) is 0.721. The van der Waals surface area contributed by atoms with Crippen molar-refractivity contribution in [3.05, 3.63) is 63.6 Å². The Morgan fingerprint density at radius 1 is 1.08 bits per heavy atom. The van der Waals surface area contributed by atoms with Crippen molar-refractivity contribution in [1.82, 2.24) is 5.32 Å². The Bertz CT molecular complexity index is 800. The number of carbonyl (C=O) groups excluding carboxylic acids is 2. The lowest BCUT2D eigenvalue weighted by Gasteiger charge is -2.09. The predicted molar refractivity (Wildman–Crippen MR) is 93.0 cm³/mol. The molecule has 0 aliphatic rings. The predicted octanol–water partition coefficient (Wildman–Crippen LogP) is 4.42. The lowest BCUT2D eigenvalue weighted by atomic mass is 10.2. The third-order valence-corrected chi connectivity index (χ3v) is 4.09. The normalized spacial score (nSPS) is 10.4. The fourth-order valence-electron chi connectivity index (χ4n) is 2.03. The molecule has 0 aliphatic heterocycles. The average Bonchev–Trinajstić information content (AvgIpc) is 2.55. The number of amides is 2. The molecule has 2 rings (SSSR count). The minimum atomic E-state index is -0.939. The summed E-state index contributed by atoms with van der Waals surface area (Å²) >= 11 is 11.8. The van der Waals surface area contributed by atoms with E-state index in [4.69, 9.17) is 23.2 Å². The van der Waals surface area contributed by atoms with Gasteiger partial charge in [-0.05, 0) is 30.7 Å². The molecular weight excluding hydrogens is 373 g/mol. The third kappa shape index (κ3) is 5.41. The maximum Gasteiger partial charge on any atom is 0.254 e. The van der Waals surface area contributed by atoms with Crippen molar-refractivity contribution in [3.8, 4) is 0 Å². The van der Waals surface area contributed by atoms with Crippen LogP contribution in [0, 0.1) is 11.6 Å². The summed E-state index contributed by atoms with van der Waals surface area (Å²) in [6.45, 7) is 0.159. The average molecular weight is 387 g/mol. The summed E-state index contributed by atoms with van der Waals surface area (Å²) in [4.78, 5) is 23.6. The van der Waals surface area contributed by atoms with Crippen molar-refractivity contribution in [3.63, 3.8) is 0 Å². The van der Waals surface area contributed by atoms with Crippen LogP contribution in [0.2, 0.25) is 10.0 Å². The standard InChI is InChI=1S/C17H14Cl2F2N2O2/c18-12-3-1-4-14(16(12)19)23-15(24)5-2-8-22-17(25)11-7-6-10(20)9-13(11)21/h1,3-4,6-7,9H,2,5,8H2,(H,22,25)(H,23,24). The molecule has 2 aromatic carbocycles. The number of rotatable bonds is 6. The Morgan fingerprint density at radius 2 is 1.84 bits per heavy atom. The first kappa shape index (κ1) is 19.1. The highest BCUT2D eigenvalue weighted by molar-refractivity contribution is 6.43. The Hall–Kier alpha value is -2.18. The van der Waals surface area contributed by atoms with Crippen LogP contribution >= 0.6 is 23.2 Å². The Balaban J connectivity index is 1.78. The van der Waals surface area contributed by atoms with Crippen LogP contribution in [-0.2, 0) is 4.79 Å². The second-order valence-corrected chi connectivity index (χ2v) is 5.92. The van der Waals surface area contributed by atoms with Crippen molar-refractivity contribution in [2.24, 2.45) is 0 Å². The second-order valence-electron chi connectivity index (χ2n) is 5.13. The van der Waals surface area contributed by atoms with Crippen LogP contribution in [-0.4, -0.2) is 18.4 Å². The van der Waals surface area contributed by atoms with Crippen LogP contribution in [0.5, 0.6) is 0 Å². The van der Waals surface area contributed by atoms with Crippen molar-refractivity contribution in [2.45, 2.75) is 12.8 Å². The molecule has 25 heavy (non-hydrogen) atoms. The van der Waals surface area contributed by atoms with Crippen LogP contribution < -0.4 is 10.6 Å². The van der Waals surface area contributed by atoms with Gasteiger partial charge in [0.05, 0.1) is 21.3 Å². The number of anilines is 1. The van der Waals surface area contributed by atoms with Gasteiger partial charge in [0.2, 0.25) is 5.91 Å². The van der Waals surface area contributed by atoms with E-state index in [1.54, 1.807) is 18.2 Å². The van der Waals surface area contributed by atoms with E-state index in [0.717, 1.165) is 12.1 Å². The number of nitrogens with one attached hydrogen (secondary N) is 2. The van der Waals surface area contributed by atoms with E-state index < -0.39 is 17.5 Å². The molecule has 2 aromatic rings. The van der Waals surface area contributed by atoms with E-state index in [9.17, 15) is 18.4 Å². The lowest BCUT2D eigenvalue weighted by Crippen LogP contribution is -2.26. The molecule has 2 amide bonds. The minimum absolute atomic E-state index is 0.120. The SMILES string of the molecule is O=C(CCCNC(=O)c1ccc(F)cc1F)Nc1cccc(Cl)c1Cl. The monoisotopic (exact) mass is 386 g/mol. The summed E-state index contributed by atoms with van der Waals surface area (Å²) in [5.74, 6) is -2.67. The molecule has 0 unspecified atom stereocenters.